The van der Waals surface area contributed by atoms with E-state index < -0.39 is 0 Å². The van der Waals surface area contributed by atoms with E-state index >= 15 is 0 Å². The molecule has 1 aromatic heterocycles. The molecular formula is C16H17FN4O. The molecule has 1 aromatic carbocycles. The third-order valence-electron chi connectivity index (χ3n) is 2.89. The minimum Gasteiger partial charge on any atom is -0.350 e. The van der Waals surface area contributed by atoms with Crippen LogP contribution >= 0.6 is 0 Å². The second-order valence-corrected chi connectivity index (χ2v) is 4.66. The van der Waals surface area contributed by atoms with Gasteiger partial charge in [-0.2, -0.15) is 0 Å². The maximum Gasteiger partial charge on any atom is 0.270 e. The number of nitrogens with zero attached hydrogens (tertiary/aromatic N) is 2. The van der Waals surface area contributed by atoms with E-state index in [0.717, 1.165) is 0 Å². The van der Waals surface area contributed by atoms with Crippen molar-refractivity contribution in [3.8, 4) is 0 Å². The van der Waals surface area contributed by atoms with Crippen LogP contribution in [0.3, 0.4) is 0 Å². The average molecular weight is 300 g/mol. The molecule has 114 valence electrons. The molecule has 0 radical (unpaired) electrons. The number of aryl methyl sites for hydroxylation is 1. The fourth-order valence-corrected chi connectivity index (χ4v) is 1.84. The summed E-state index contributed by atoms with van der Waals surface area (Å²) in [5.74, 6) is -0.321. The summed E-state index contributed by atoms with van der Waals surface area (Å²) in [6.07, 6.45) is 1.59. The molecule has 0 saturated carbocycles. The van der Waals surface area contributed by atoms with Crippen molar-refractivity contribution in [3.05, 3.63) is 65.8 Å². The summed E-state index contributed by atoms with van der Waals surface area (Å²) in [4.78, 5) is 20.2. The molecule has 0 aliphatic rings. The number of nitrogens with one attached hydrogen (secondary N) is 2. The van der Waals surface area contributed by atoms with Crippen LogP contribution < -0.4 is 10.6 Å². The van der Waals surface area contributed by atoms with E-state index in [9.17, 15) is 9.18 Å². The van der Waals surface area contributed by atoms with Crippen molar-refractivity contribution in [1.82, 2.24) is 15.3 Å². The number of anilines is 1. The summed E-state index contributed by atoms with van der Waals surface area (Å²) in [5.41, 5.74) is 1.41. The van der Waals surface area contributed by atoms with Crippen molar-refractivity contribution >= 4 is 11.9 Å². The molecule has 0 unspecified atom stereocenters. The highest BCUT2D eigenvalue weighted by molar-refractivity contribution is 5.92. The molecule has 0 aliphatic carbocycles. The first-order valence-electron chi connectivity index (χ1n) is 6.82. The van der Waals surface area contributed by atoms with Gasteiger partial charge in [0, 0.05) is 24.3 Å². The smallest absolute Gasteiger partial charge is 0.270 e. The molecule has 0 aliphatic heterocycles. The first-order chi connectivity index (χ1) is 10.6. The predicted molar refractivity (Wildman–Crippen MR) is 83.0 cm³/mol. The number of carbonyl (C=O) groups excluding carboxylic acids is 1. The van der Waals surface area contributed by atoms with Gasteiger partial charge in [-0.25, -0.2) is 14.4 Å². The molecular weight excluding hydrogens is 283 g/mol. The van der Waals surface area contributed by atoms with E-state index in [1.54, 1.807) is 37.3 Å². The van der Waals surface area contributed by atoms with Gasteiger partial charge in [0.15, 0.2) is 0 Å². The van der Waals surface area contributed by atoms with E-state index in [2.05, 4.69) is 27.2 Å². The van der Waals surface area contributed by atoms with E-state index in [0.29, 0.717) is 17.8 Å². The fraction of sp³-hybridized carbons (Fsp3) is 0.188. The zero-order valence-corrected chi connectivity index (χ0v) is 12.3. The Morgan fingerprint density at radius 2 is 2.14 bits per heavy atom. The molecule has 1 amide bonds. The van der Waals surface area contributed by atoms with Gasteiger partial charge < -0.3 is 10.6 Å². The highest BCUT2D eigenvalue weighted by Crippen LogP contribution is 2.10. The fourth-order valence-electron chi connectivity index (χ4n) is 1.84. The zero-order valence-electron chi connectivity index (χ0n) is 12.3. The van der Waals surface area contributed by atoms with Crippen LogP contribution in [0.1, 0.15) is 21.7 Å². The van der Waals surface area contributed by atoms with Gasteiger partial charge in [-0.05, 0) is 19.1 Å². The largest absolute Gasteiger partial charge is 0.350 e. The summed E-state index contributed by atoms with van der Waals surface area (Å²) >= 11 is 0. The van der Waals surface area contributed by atoms with E-state index in [1.165, 1.54) is 6.07 Å². The van der Waals surface area contributed by atoms with Gasteiger partial charge in [-0.3, -0.25) is 4.79 Å². The molecule has 0 atom stereocenters. The molecule has 22 heavy (non-hydrogen) atoms. The molecule has 2 N–H and O–H groups in total. The number of hydrogen-bond acceptors (Lipinski definition) is 4. The van der Waals surface area contributed by atoms with Gasteiger partial charge in [0.2, 0.25) is 5.95 Å². The second kappa shape index (κ2) is 7.31. The minimum atomic E-state index is -0.306. The van der Waals surface area contributed by atoms with Crippen LogP contribution in [0.5, 0.6) is 0 Å². The highest BCUT2D eigenvalue weighted by Gasteiger charge is 2.10. The van der Waals surface area contributed by atoms with Crippen molar-refractivity contribution in [2.45, 2.75) is 13.5 Å². The van der Waals surface area contributed by atoms with Gasteiger partial charge in [0.25, 0.3) is 5.91 Å². The topological polar surface area (TPSA) is 66.9 Å². The molecule has 2 rings (SSSR count). The maximum atomic E-state index is 13.6. The van der Waals surface area contributed by atoms with Crippen LogP contribution in [-0.2, 0) is 6.54 Å². The second-order valence-electron chi connectivity index (χ2n) is 4.66. The summed E-state index contributed by atoms with van der Waals surface area (Å²) in [7, 11) is 0. The normalized spacial score (nSPS) is 10.1. The van der Waals surface area contributed by atoms with Gasteiger partial charge >= 0.3 is 0 Å². The maximum absolute atomic E-state index is 13.6. The van der Waals surface area contributed by atoms with Crippen LogP contribution in [0.4, 0.5) is 10.3 Å². The monoisotopic (exact) mass is 300 g/mol. The summed E-state index contributed by atoms with van der Waals surface area (Å²) < 4.78 is 13.6. The zero-order chi connectivity index (χ0) is 15.9. The molecule has 6 heteroatoms. The Bertz CT molecular complexity index is 688. The molecule has 0 fully saturated rings. The number of hydrogen-bond donors (Lipinski definition) is 2. The highest BCUT2D eigenvalue weighted by atomic mass is 19.1. The van der Waals surface area contributed by atoms with Crippen molar-refractivity contribution in [2.75, 3.05) is 11.9 Å². The van der Waals surface area contributed by atoms with Crippen molar-refractivity contribution in [1.29, 1.82) is 0 Å². The predicted octanol–water partition coefficient (Wildman–Crippen LogP) is 2.45. The lowest BCUT2D eigenvalue weighted by atomic mass is 10.2. The Labute approximate surface area is 128 Å². The SMILES string of the molecule is C=CCNC(=O)c1cc(C)nc(NCc2ccccc2F)n1. The Kier molecular flexibility index (Phi) is 5.19. The average Bonchev–Trinajstić information content (AvgIpc) is 2.51. The van der Waals surface area contributed by atoms with Gasteiger partial charge in [-0.1, -0.05) is 24.3 Å². The number of amides is 1. The number of benzene rings is 1. The third kappa shape index (κ3) is 4.12. The van der Waals surface area contributed by atoms with Gasteiger partial charge in [0.1, 0.15) is 11.5 Å². The number of rotatable bonds is 6. The first kappa shape index (κ1) is 15.6. The van der Waals surface area contributed by atoms with Crippen LogP contribution in [0, 0.1) is 12.7 Å². The standard InChI is InChI=1S/C16H17FN4O/c1-3-8-18-15(22)14-9-11(2)20-16(21-14)19-10-12-6-4-5-7-13(12)17/h3-7,9H,1,8,10H2,2H3,(H,18,22)(H,19,20,21). The molecule has 0 saturated heterocycles. The number of carbonyl (C=O) groups is 1. The summed E-state index contributed by atoms with van der Waals surface area (Å²) in [6.45, 7) is 5.90. The molecule has 2 aromatic rings. The molecule has 0 bridgehead atoms. The van der Waals surface area contributed by atoms with E-state index in [1.807, 2.05) is 0 Å². The minimum absolute atomic E-state index is 0.240. The first-order valence-corrected chi connectivity index (χ1v) is 6.82. The van der Waals surface area contributed by atoms with E-state index in [-0.39, 0.29) is 29.9 Å². The van der Waals surface area contributed by atoms with Gasteiger partial charge in [-0.15, -0.1) is 6.58 Å². The number of halogens is 1. The molecule has 0 spiro atoms. The van der Waals surface area contributed by atoms with Crippen molar-refractivity contribution < 1.29 is 9.18 Å². The lowest BCUT2D eigenvalue weighted by molar-refractivity contribution is 0.0953. The van der Waals surface area contributed by atoms with E-state index in [4.69, 9.17) is 0 Å². The Morgan fingerprint density at radius 3 is 2.86 bits per heavy atom. The summed E-state index contributed by atoms with van der Waals surface area (Å²) in [6, 6.07) is 8.04. The van der Waals surface area contributed by atoms with Gasteiger partial charge in [0.05, 0.1) is 0 Å². The van der Waals surface area contributed by atoms with Crippen molar-refractivity contribution in [2.24, 2.45) is 0 Å². The van der Waals surface area contributed by atoms with Crippen molar-refractivity contribution in [3.63, 3.8) is 0 Å². The Balaban J connectivity index is 2.11. The van der Waals surface area contributed by atoms with Crippen LogP contribution in [0.25, 0.3) is 0 Å². The van der Waals surface area contributed by atoms with Crippen LogP contribution in [0.2, 0.25) is 0 Å². The Hall–Kier alpha value is -2.76. The summed E-state index contributed by atoms with van der Waals surface area (Å²) in [5, 5.41) is 5.58. The third-order valence-corrected chi connectivity index (χ3v) is 2.89. The Morgan fingerprint density at radius 1 is 1.36 bits per heavy atom. The molecule has 5 nitrogen and oxygen atoms in total. The molecule has 1 heterocycles. The number of aromatic nitrogens is 2. The van der Waals surface area contributed by atoms with Crippen LogP contribution in [0.15, 0.2) is 43.0 Å². The lowest BCUT2D eigenvalue weighted by Gasteiger charge is -2.09. The van der Waals surface area contributed by atoms with Crippen LogP contribution in [-0.4, -0.2) is 22.4 Å². The quantitative estimate of drug-likeness (QED) is 0.804. The lowest BCUT2D eigenvalue weighted by Crippen LogP contribution is -2.25.